The zero-order valence-electron chi connectivity index (χ0n) is 11.2. The molecule has 2 rings (SSSR count). The van der Waals surface area contributed by atoms with Crippen molar-refractivity contribution in [2.24, 2.45) is 0 Å². The molecule has 0 aliphatic rings. The van der Waals surface area contributed by atoms with Gasteiger partial charge >= 0.3 is 0 Å². The number of hydrogen-bond donors (Lipinski definition) is 1. The van der Waals surface area contributed by atoms with Crippen LogP contribution in [0.1, 0.15) is 16.1 Å². The first-order valence-electron chi connectivity index (χ1n) is 6.17. The lowest BCUT2D eigenvalue weighted by Crippen LogP contribution is -2.17. The van der Waals surface area contributed by atoms with Gasteiger partial charge in [-0.1, -0.05) is 35.9 Å². The van der Waals surface area contributed by atoms with Crippen molar-refractivity contribution >= 4 is 22.9 Å². The van der Waals surface area contributed by atoms with Crippen molar-refractivity contribution in [3.05, 3.63) is 50.9 Å². The van der Waals surface area contributed by atoms with E-state index >= 15 is 0 Å². The van der Waals surface area contributed by atoms with Crippen molar-refractivity contribution in [2.75, 3.05) is 14.1 Å². The molecule has 0 saturated heterocycles. The van der Waals surface area contributed by atoms with Crippen LogP contribution in [0, 0.1) is 0 Å². The number of benzene rings is 1. The average molecular weight is 296 g/mol. The molecule has 0 atom stereocenters. The van der Waals surface area contributed by atoms with Gasteiger partial charge in [-0.05, 0) is 25.2 Å². The summed E-state index contributed by atoms with van der Waals surface area (Å²) >= 11 is 7.38. The largest absolute Gasteiger partial charge is 0.306 e. The summed E-state index contributed by atoms with van der Waals surface area (Å²) < 4.78 is 0.741. The van der Waals surface area contributed by atoms with Gasteiger partial charge in [0.15, 0.2) is 0 Å². The lowest BCUT2D eigenvalue weighted by atomic mass is 10.1. The molecule has 19 heavy (non-hydrogen) atoms. The Morgan fingerprint density at radius 2 is 1.95 bits per heavy atom. The Kier molecular flexibility index (Phi) is 5.34. The summed E-state index contributed by atoms with van der Waals surface area (Å²) in [6.07, 6.45) is 1.70. The third-order valence-electron chi connectivity index (χ3n) is 2.72. The van der Waals surface area contributed by atoms with Gasteiger partial charge < -0.3 is 10.2 Å². The molecule has 0 unspecified atom stereocenters. The van der Waals surface area contributed by atoms with Gasteiger partial charge in [0.2, 0.25) is 0 Å². The standard InChI is InChI=1S/C14H18ClN3S/c1-18(2)10-12-6-4-3-5-11(12)7-16-9-14-17-8-13(15)19-14/h3-6,8,16H,7,9-10H2,1-2H3. The summed E-state index contributed by atoms with van der Waals surface area (Å²) in [5.74, 6) is 0. The first-order chi connectivity index (χ1) is 9.15. The number of rotatable bonds is 6. The second-order valence-electron chi connectivity index (χ2n) is 4.67. The molecule has 0 saturated carbocycles. The minimum Gasteiger partial charge on any atom is -0.306 e. The fraction of sp³-hybridized carbons (Fsp3) is 0.357. The van der Waals surface area contributed by atoms with E-state index in [0.29, 0.717) is 0 Å². The van der Waals surface area contributed by atoms with Gasteiger partial charge in [0.25, 0.3) is 0 Å². The van der Waals surface area contributed by atoms with Crippen LogP contribution in [0.15, 0.2) is 30.5 Å². The quantitative estimate of drug-likeness (QED) is 0.887. The molecule has 1 N–H and O–H groups in total. The third kappa shape index (κ3) is 4.58. The van der Waals surface area contributed by atoms with E-state index in [1.807, 2.05) is 0 Å². The van der Waals surface area contributed by atoms with Crippen LogP contribution < -0.4 is 5.32 Å². The molecule has 1 aromatic carbocycles. The number of halogens is 1. The molecule has 2 aromatic rings. The molecular formula is C14H18ClN3S. The maximum Gasteiger partial charge on any atom is 0.113 e. The minimum absolute atomic E-state index is 0.741. The summed E-state index contributed by atoms with van der Waals surface area (Å²) in [7, 11) is 4.17. The second kappa shape index (κ2) is 7.01. The summed E-state index contributed by atoms with van der Waals surface area (Å²) in [6, 6.07) is 8.51. The summed E-state index contributed by atoms with van der Waals surface area (Å²) in [4.78, 5) is 6.41. The molecule has 102 valence electrons. The first kappa shape index (κ1) is 14.5. The van der Waals surface area contributed by atoms with Crippen molar-refractivity contribution in [2.45, 2.75) is 19.6 Å². The second-order valence-corrected chi connectivity index (χ2v) is 6.41. The van der Waals surface area contributed by atoms with E-state index in [1.165, 1.54) is 22.5 Å². The van der Waals surface area contributed by atoms with E-state index in [2.05, 4.69) is 53.6 Å². The maximum absolute atomic E-state index is 5.86. The Morgan fingerprint density at radius 1 is 1.21 bits per heavy atom. The number of nitrogens with zero attached hydrogens (tertiary/aromatic N) is 2. The van der Waals surface area contributed by atoms with E-state index in [9.17, 15) is 0 Å². The van der Waals surface area contributed by atoms with Crippen LogP contribution in [0.2, 0.25) is 4.34 Å². The highest BCUT2D eigenvalue weighted by Gasteiger charge is 2.04. The van der Waals surface area contributed by atoms with Crippen molar-refractivity contribution in [3.63, 3.8) is 0 Å². The van der Waals surface area contributed by atoms with Crippen LogP contribution in [0.4, 0.5) is 0 Å². The molecule has 0 radical (unpaired) electrons. The monoisotopic (exact) mass is 295 g/mol. The molecule has 3 nitrogen and oxygen atoms in total. The van der Waals surface area contributed by atoms with Gasteiger partial charge in [-0.2, -0.15) is 0 Å². The van der Waals surface area contributed by atoms with Gasteiger partial charge in [0.1, 0.15) is 9.34 Å². The van der Waals surface area contributed by atoms with E-state index in [4.69, 9.17) is 11.6 Å². The Labute approximate surface area is 123 Å². The minimum atomic E-state index is 0.741. The smallest absolute Gasteiger partial charge is 0.113 e. The molecule has 0 spiro atoms. The van der Waals surface area contributed by atoms with Gasteiger partial charge in [-0.3, -0.25) is 0 Å². The predicted octanol–water partition coefficient (Wildman–Crippen LogP) is 3.15. The van der Waals surface area contributed by atoms with E-state index < -0.39 is 0 Å². The third-order valence-corrected chi connectivity index (χ3v) is 3.84. The molecule has 0 aliphatic carbocycles. The van der Waals surface area contributed by atoms with E-state index in [-0.39, 0.29) is 0 Å². The predicted molar refractivity (Wildman–Crippen MR) is 81.5 cm³/mol. The van der Waals surface area contributed by atoms with Gasteiger partial charge in [-0.15, -0.1) is 11.3 Å². The maximum atomic E-state index is 5.86. The van der Waals surface area contributed by atoms with Crippen LogP contribution >= 0.6 is 22.9 Å². The zero-order chi connectivity index (χ0) is 13.7. The number of hydrogen-bond acceptors (Lipinski definition) is 4. The average Bonchev–Trinajstić information content (AvgIpc) is 2.77. The summed E-state index contributed by atoms with van der Waals surface area (Å²) in [5, 5.41) is 4.44. The van der Waals surface area contributed by atoms with Crippen molar-refractivity contribution in [1.82, 2.24) is 15.2 Å². The Balaban J connectivity index is 1.92. The van der Waals surface area contributed by atoms with Crippen LogP contribution in [-0.2, 0) is 19.6 Å². The highest BCUT2D eigenvalue weighted by Crippen LogP contribution is 2.18. The number of aromatic nitrogens is 1. The molecule has 0 bridgehead atoms. The van der Waals surface area contributed by atoms with Gasteiger partial charge in [0, 0.05) is 19.6 Å². The van der Waals surface area contributed by atoms with Crippen molar-refractivity contribution < 1.29 is 0 Å². The first-order valence-corrected chi connectivity index (χ1v) is 7.37. The zero-order valence-corrected chi connectivity index (χ0v) is 12.8. The normalized spacial score (nSPS) is 11.2. The Morgan fingerprint density at radius 3 is 2.58 bits per heavy atom. The topological polar surface area (TPSA) is 28.2 Å². The Hall–Kier alpha value is -0.940. The van der Waals surface area contributed by atoms with E-state index in [1.54, 1.807) is 6.20 Å². The van der Waals surface area contributed by atoms with Crippen LogP contribution in [0.25, 0.3) is 0 Å². The lowest BCUT2D eigenvalue weighted by Gasteiger charge is -2.14. The fourth-order valence-corrected chi connectivity index (χ4v) is 2.82. The molecule has 0 amide bonds. The SMILES string of the molecule is CN(C)Cc1ccccc1CNCc1ncc(Cl)s1. The fourth-order valence-electron chi connectivity index (χ4n) is 1.90. The summed E-state index contributed by atoms with van der Waals surface area (Å²) in [6.45, 7) is 2.57. The van der Waals surface area contributed by atoms with Crippen LogP contribution in [-0.4, -0.2) is 24.0 Å². The summed E-state index contributed by atoms with van der Waals surface area (Å²) in [5.41, 5.74) is 2.69. The van der Waals surface area contributed by atoms with Crippen LogP contribution in [0.5, 0.6) is 0 Å². The number of nitrogens with one attached hydrogen (secondary N) is 1. The number of thiazole rings is 1. The van der Waals surface area contributed by atoms with Crippen LogP contribution in [0.3, 0.4) is 0 Å². The molecule has 0 fully saturated rings. The molecule has 1 heterocycles. The molecule has 1 aromatic heterocycles. The molecule has 0 aliphatic heterocycles. The van der Waals surface area contributed by atoms with Gasteiger partial charge in [-0.25, -0.2) is 4.98 Å². The van der Waals surface area contributed by atoms with Crippen molar-refractivity contribution in [3.8, 4) is 0 Å². The molecular weight excluding hydrogens is 278 g/mol. The molecule has 5 heteroatoms. The van der Waals surface area contributed by atoms with E-state index in [0.717, 1.165) is 29.0 Å². The highest BCUT2D eigenvalue weighted by atomic mass is 35.5. The lowest BCUT2D eigenvalue weighted by molar-refractivity contribution is 0.400. The van der Waals surface area contributed by atoms with Gasteiger partial charge in [0.05, 0.1) is 6.20 Å². The highest BCUT2D eigenvalue weighted by molar-refractivity contribution is 7.15. The van der Waals surface area contributed by atoms with Crippen molar-refractivity contribution in [1.29, 1.82) is 0 Å². The Bertz CT molecular complexity index is 525.